The first-order valence-electron chi connectivity index (χ1n) is 10.0. The molecule has 1 saturated carbocycles. The van der Waals surface area contributed by atoms with Crippen molar-refractivity contribution < 1.29 is 4.42 Å². The summed E-state index contributed by atoms with van der Waals surface area (Å²) in [6.45, 7) is 5.53. The number of rotatable bonds is 4. The molecule has 3 heterocycles. The van der Waals surface area contributed by atoms with E-state index in [1.165, 1.54) is 64.6 Å². The highest BCUT2D eigenvalue weighted by atomic mass is 127. The number of guanidine groups is 1. The fourth-order valence-corrected chi connectivity index (χ4v) is 5.11. The molecule has 3 aliphatic rings. The molecule has 2 aliphatic heterocycles. The summed E-state index contributed by atoms with van der Waals surface area (Å²) in [5.74, 6) is 2.14. The Balaban J connectivity index is 0.00000196. The molecule has 0 amide bonds. The maximum Gasteiger partial charge on any atom is 0.193 e. The van der Waals surface area contributed by atoms with E-state index in [0.717, 1.165) is 24.8 Å². The molecule has 6 heteroatoms. The van der Waals surface area contributed by atoms with Gasteiger partial charge in [-0.05, 0) is 62.7 Å². The van der Waals surface area contributed by atoms with Crippen LogP contribution in [0.2, 0.25) is 0 Å². The minimum atomic E-state index is 0. The molecule has 1 unspecified atom stereocenters. The van der Waals surface area contributed by atoms with Crippen molar-refractivity contribution >= 4 is 29.9 Å². The predicted octanol–water partition coefficient (Wildman–Crippen LogP) is 3.88. The lowest BCUT2D eigenvalue weighted by Crippen LogP contribution is -2.44. The van der Waals surface area contributed by atoms with E-state index in [1.54, 1.807) is 6.26 Å². The monoisotopic (exact) mass is 472 g/mol. The van der Waals surface area contributed by atoms with E-state index in [9.17, 15) is 0 Å². The number of hydrogen-bond acceptors (Lipinski definition) is 3. The minimum Gasteiger partial charge on any atom is -0.468 e. The SMILES string of the molecule is CN=C(NCC(c1ccco1)N1CCCC1)N1CCC2(CCCC2)C1.I. The Labute approximate surface area is 174 Å². The lowest BCUT2D eigenvalue weighted by Gasteiger charge is -2.29. The van der Waals surface area contributed by atoms with Crippen LogP contribution in [0.4, 0.5) is 0 Å². The average Bonchev–Trinajstić information content (AvgIpc) is 3.42. The molecule has 5 nitrogen and oxygen atoms in total. The van der Waals surface area contributed by atoms with Crippen molar-refractivity contribution in [2.45, 2.75) is 51.0 Å². The van der Waals surface area contributed by atoms with Crippen LogP contribution in [-0.2, 0) is 0 Å². The maximum atomic E-state index is 5.74. The summed E-state index contributed by atoms with van der Waals surface area (Å²) in [7, 11) is 1.92. The van der Waals surface area contributed by atoms with Crippen LogP contribution in [0.25, 0.3) is 0 Å². The van der Waals surface area contributed by atoms with Crippen molar-refractivity contribution in [2.75, 3.05) is 39.8 Å². The second-order valence-corrected chi connectivity index (χ2v) is 8.08. The van der Waals surface area contributed by atoms with E-state index in [1.807, 2.05) is 13.1 Å². The topological polar surface area (TPSA) is 44.0 Å². The first kappa shape index (κ1) is 20.0. The van der Waals surface area contributed by atoms with Crippen LogP contribution in [0.15, 0.2) is 27.8 Å². The number of likely N-dealkylation sites (tertiary alicyclic amines) is 2. The average molecular weight is 472 g/mol. The summed E-state index contributed by atoms with van der Waals surface area (Å²) < 4.78 is 5.74. The van der Waals surface area contributed by atoms with E-state index in [-0.39, 0.29) is 24.0 Å². The number of hydrogen-bond donors (Lipinski definition) is 1. The van der Waals surface area contributed by atoms with Gasteiger partial charge in [0.25, 0.3) is 0 Å². The van der Waals surface area contributed by atoms with E-state index < -0.39 is 0 Å². The van der Waals surface area contributed by atoms with Gasteiger partial charge in [-0.1, -0.05) is 12.8 Å². The van der Waals surface area contributed by atoms with E-state index in [4.69, 9.17) is 4.42 Å². The number of nitrogens with one attached hydrogen (secondary N) is 1. The van der Waals surface area contributed by atoms with Crippen molar-refractivity contribution in [1.82, 2.24) is 15.1 Å². The van der Waals surface area contributed by atoms with Crippen LogP contribution >= 0.6 is 24.0 Å². The number of halogens is 1. The van der Waals surface area contributed by atoms with Gasteiger partial charge in [-0.15, -0.1) is 24.0 Å². The molecule has 1 aromatic heterocycles. The third-order valence-corrected chi connectivity index (χ3v) is 6.52. The summed E-state index contributed by atoms with van der Waals surface area (Å²) in [5, 5.41) is 3.66. The molecule has 0 bridgehead atoms. The van der Waals surface area contributed by atoms with Gasteiger partial charge in [0.1, 0.15) is 5.76 Å². The van der Waals surface area contributed by atoms with E-state index in [2.05, 4.69) is 26.2 Å². The standard InChI is InChI=1S/C20H32N4O.HI/c1-21-19(24-13-10-20(16-24)8-2-3-9-20)22-15-17(18-7-6-14-25-18)23-11-4-5-12-23;/h6-7,14,17H,2-5,8-13,15-16H2,1H3,(H,21,22);1H. The van der Waals surface area contributed by atoms with Crippen LogP contribution in [0.1, 0.15) is 56.7 Å². The molecule has 0 radical (unpaired) electrons. The molecule has 1 aliphatic carbocycles. The summed E-state index contributed by atoms with van der Waals surface area (Å²) in [6.07, 6.45) is 11.3. The molecule has 1 N–H and O–H groups in total. The third kappa shape index (κ3) is 4.21. The van der Waals surface area contributed by atoms with Crippen LogP contribution in [-0.4, -0.2) is 55.5 Å². The molecule has 146 valence electrons. The van der Waals surface area contributed by atoms with Crippen LogP contribution < -0.4 is 5.32 Å². The van der Waals surface area contributed by atoms with Gasteiger partial charge in [0.05, 0.1) is 12.3 Å². The van der Waals surface area contributed by atoms with Crippen molar-refractivity contribution in [2.24, 2.45) is 10.4 Å². The van der Waals surface area contributed by atoms with Gasteiger partial charge < -0.3 is 14.6 Å². The minimum absolute atomic E-state index is 0. The van der Waals surface area contributed by atoms with Crippen LogP contribution in [0.3, 0.4) is 0 Å². The molecule has 3 fully saturated rings. The Hall–Kier alpha value is -0.760. The maximum absolute atomic E-state index is 5.74. The Kier molecular flexibility index (Phi) is 6.88. The number of aliphatic imine (C=N–C) groups is 1. The third-order valence-electron chi connectivity index (χ3n) is 6.52. The van der Waals surface area contributed by atoms with Gasteiger partial charge in [-0.25, -0.2) is 0 Å². The van der Waals surface area contributed by atoms with Crippen molar-refractivity contribution in [3.63, 3.8) is 0 Å². The molecule has 1 spiro atoms. The van der Waals surface area contributed by atoms with Gasteiger partial charge in [-0.3, -0.25) is 9.89 Å². The summed E-state index contributed by atoms with van der Waals surface area (Å²) in [5.41, 5.74) is 0.576. The van der Waals surface area contributed by atoms with Crippen LogP contribution in [0.5, 0.6) is 0 Å². The molecular formula is C20H33IN4O. The quantitative estimate of drug-likeness (QED) is 0.411. The van der Waals surface area contributed by atoms with Crippen LogP contribution in [0, 0.1) is 5.41 Å². The van der Waals surface area contributed by atoms with Crippen molar-refractivity contribution in [1.29, 1.82) is 0 Å². The van der Waals surface area contributed by atoms with Gasteiger partial charge in [0.15, 0.2) is 5.96 Å². The molecule has 1 atom stereocenters. The molecule has 2 saturated heterocycles. The zero-order chi connectivity index (χ0) is 17.1. The summed E-state index contributed by atoms with van der Waals surface area (Å²) in [6, 6.07) is 4.41. The van der Waals surface area contributed by atoms with Gasteiger partial charge in [0.2, 0.25) is 0 Å². The fraction of sp³-hybridized carbons (Fsp3) is 0.750. The Morgan fingerprint density at radius 1 is 1.19 bits per heavy atom. The Morgan fingerprint density at radius 3 is 2.62 bits per heavy atom. The van der Waals surface area contributed by atoms with Crippen molar-refractivity contribution in [3.8, 4) is 0 Å². The summed E-state index contributed by atoms with van der Waals surface area (Å²) in [4.78, 5) is 9.61. The second kappa shape index (κ2) is 8.95. The second-order valence-electron chi connectivity index (χ2n) is 8.08. The number of nitrogens with zero attached hydrogens (tertiary/aromatic N) is 3. The summed E-state index contributed by atoms with van der Waals surface area (Å²) >= 11 is 0. The predicted molar refractivity (Wildman–Crippen MR) is 116 cm³/mol. The zero-order valence-corrected chi connectivity index (χ0v) is 18.3. The highest BCUT2D eigenvalue weighted by molar-refractivity contribution is 14.0. The highest BCUT2D eigenvalue weighted by Gasteiger charge is 2.41. The number of furan rings is 1. The van der Waals surface area contributed by atoms with Gasteiger partial charge >= 0.3 is 0 Å². The first-order valence-corrected chi connectivity index (χ1v) is 10.0. The molecule has 26 heavy (non-hydrogen) atoms. The smallest absolute Gasteiger partial charge is 0.193 e. The normalized spacial score (nSPS) is 24.2. The lowest BCUT2D eigenvalue weighted by atomic mass is 9.86. The van der Waals surface area contributed by atoms with E-state index in [0.29, 0.717) is 11.5 Å². The first-order chi connectivity index (χ1) is 12.3. The zero-order valence-electron chi connectivity index (χ0n) is 16.0. The van der Waals surface area contributed by atoms with Crippen molar-refractivity contribution in [3.05, 3.63) is 24.2 Å². The Bertz CT molecular complexity index is 577. The molecule has 0 aromatic carbocycles. The van der Waals surface area contributed by atoms with E-state index >= 15 is 0 Å². The fourth-order valence-electron chi connectivity index (χ4n) is 5.11. The molecule has 4 rings (SSSR count). The molecular weight excluding hydrogens is 439 g/mol. The Morgan fingerprint density at radius 2 is 1.96 bits per heavy atom. The lowest BCUT2D eigenvalue weighted by molar-refractivity contribution is 0.214. The molecule has 1 aromatic rings. The largest absolute Gasteiger partial charge is 0.468 e. The highest BCUT2D eigenvalue weighted by Crippen LogP contribution is 2.45. The van der Waals surface area contributed by atoms with Gasteiger partial charge in [0, 0.05) is 26.7 Å². The van der Waals surface area contributed by atoms with Gasteiger partial charge in [-0.2, -0.15) is 0 Å².